The maximum Gasteiger partial charge on any atom is 0.219 e. The first-order valence-electron chi connectivity index (χ1n) is 8.49. The van der Waals surface area contributed by atoms with E-state index in [1.54, 1.807) is 0 Å². The molecule has 0 bridgehead atoms. The highest BCUT2D eigenvalue weighted by atomic mass is 16.1. The molecule has 0 atom stereocenters. The summed E-state index contributed by atoms with van der Waals surface area (Å²) in [5.41, 5.74) is 0. The highest BCUT2D eigenvalue weighted by Gasteiger charge is 1.95. The molecule has 0 saturated heterocycles. The van der Waals surface area contributed by atoms with Gasteiger partial charge in [-0.25, -0.2) is 0 Å². The van der Waals surface area contributed by atoms with Crippen molar-refractivity contribution in [3.63, 3.8) is 0 Å². The Kier molecular flexibility index (Phi) is 15.9. The van der Waals surface area contributed by atoms with E-state index >= 15 is 0 Å². The lowest BCUT2D eigenvalue weighted by Crippen LogP contribution is -2.23. The summed E-state index contributed by atoms with van der Waals surface area (Å²) in [5.74, 6) is 0.163. The van der Waals surface area contributed by atoms with E-state index in [1.165, 1.54) is 38.5 Å². The highest BCUT2D eigenvalue weighted by molar-refractivity contribution is 5.75. The zero-order valence-electron chi connectivity index (χ0n) is 13.6. The fourth-order valence-corrected chi connectivity index (χ4v) is 2.01. The fraction of sp³-hybridized carbons (Fsp3) is 0.938. The summed E-state index contributed by atoms with van der Waals surface area (Å²) in [6, 6.07) is 0. The molecule has 120 valence electrons. The van der Waals surface area contributed by atoms with Gasteiger partial charge in [0.15, 0.2) is 0 Å². The predicted octanol–water partition coefficient (Wildman–Crippen LogP) is 2.44. The lowest BCUT2D eigenvalue weighted by molar-refractivity contribution is -0.120. The van der Waals surface area contributed by atoms with Crippen LogP contribution in [0.1, 0.15) is 65.2 Å². The van der Waals surface area contributed by atoms with Gasteiger partial charge in [-0.3, -0.25) is 4.79 Å². The van der Waals surface area contributed by atoms with Crippen LogP contribution in [0.5, 0.6) is 0 Å². The second-order valence-corrected chi connectivity index (χ2v) is 5.32. The summed E-state index contributed by atoms with van der Waals surface area (Å²) in [6.07, 6.45) is 9.19. The van der Waals surface area contributed by atoms with Crippen molar-refractivity contribution in [3.8, 4) is 0 Å². The molecule has 0 rings (SSSR count). The molecule has 0 aliphatic heterocycles. The molecule has 0 saturated carbocycles. The van der Waals surface area contributed by atoms with E-state index in [0.717, 1.165) is 39.1 Å². The number of hydrogen-bond donors (Lipinski definition) is 3. The van der Waals surface area contributed by atoms with Gasteiger partial charge in [-0.15, -0.1) is 0 Å². The van der Waals surface area contributed by atoms with Gasteiger partial charge in [-0.05, 0) is 58.3 Å². The smallest absolute Gasteiger partial charge is 0.219 e. The van der Waals surface area contributed by atoms with Crippen molar-refractivity contribution >= 4 is 5.91 Å². The topological polar surface area (TPSA) is 53.2 Å². The first kappa shape index (κ1) is 19.4. The number of amides is 1. The Bertz CT molecular complexity index is 210. The van der Waals surface area contributed by atoms with Crippen molar-refractivity contribution in [1.29, 1.82) is 0 Å². The number of nitrogens with one attached hydrogen (secondary N) is 3. The molecule has 4 nitrogen and oxygen atoms in total. The standard InChI is InChI=1S/C16H35N3O/c1-3-11-17-12-7-5-8-13-18-14-9-6-10-15-19-16(20)4-2/h17-18H,3-15H2,1-2H3,(H,19,20). The molecule has 0 fully saturated rings. The van der Waals surface area contributed by atoms with Crippen LogP contribution in [0, 0.1) is 0 Å². The molecule has 0 unspecified atom stereocenters. The minimum atomic E-state index is 0.163. The van der Waals surface area contributed by atoms with E-state index < -0.39 is 0 Å². The van der Waals surface area contributed by atoms with Crippen molar-refractivity contribution in [2.45, 2.75) is 65.2 Å². The van der Waals surface area contributed by atoms with Gasteiger partial charge >= 0.3 is 0 Å². The molecule has 0 spiro atoms. The molecule has 20 heavy (non-hydrogen) atoms. The van der Waals surface area contributed by atoms with E-state index in [0.29, 0.717) is 6.42 Å². The van der Waals surface area contributed by atoms with Gasteiger partial charge < -0.3 is 16.0 Å². The van der Waals surface area contributed by atoms with E-state index in [2.05, 4.69) is 22.9 Å². The Morgan fingerprint density at radius 2 is 1.20 bits per heavy atom. The first-order valence-corrected chi connectivity index (χ1v) is 8.49. The average molecular weight is 285 g/mol. The molecule has 0 aromatic heterocycles. The van der Waals surface area contributed by atoms with Gasteiger partial charge in [0.1, 0.15) is 0 Å². The maximum atomic E-state index is 11.0. The van der Waals surface area contributed by atoms with Crippen LogP contribution < -0.4 is 16.0 Å². The Morgan fingerprint density at radius 3 is 1.70 bits per heavy atom. The third-order valence-electron chi connectivity index (χ3n) is 3.31. The summed E-state index contributed by atoms with van der Waals surface area (Å²) in [6.45, 7) is 9.48. The Hall–Kier alpha value is -0.610. The Morgan fingerprint density at radius 1 is 0.700 bits per heavy atom. The van der Waals surface area contributed by atoms with Crippen LogP contribution in [0.15, 0.2) is 0 Å². The molecule has 4 heteroatoms. The van der Waals surface area contributed by atoms with Gasteiger partial charge in [0, 0.05) is 13.0 Å². The normalized spacial score (nSPS) is 10.7. The molecule has 0 aromatic carbocycles. The molecular weight excluding hydrogens is 250 g/mol. The third-order valence-corrected chi connectivity index (χ3v) is 3.31. The van der Waals surface area contributed by atoms with Crippen molar-refractivity contribution in [3.05, 3.63) is 0 Å². The lowest BCUT2D eigenvalue weighted by atomic mass is 10.2. The lowest BCUT2D eigenvalue weighted by Gasteiger charge is -2.06. The summed E-state index contributed by atoms with van der Waals surface area (Å²) in [4.78, 5) is 11.0. The Labute approximate surface area is 125 Å². The quantitative estimate of drug-likeness (QED) is 0.405. The average Bonchev–Trinajstić information content (AvgIpc) is 2.47. The van der Waals surface area contributed by atoms with Gasteiger partial charge in [0.2, 0.25) is 5.91 Å². The maximum absolute atomic E-state index is 11.0. The monoisotopic (exact) mass is 285 g/mol. The highest BCUT2D eigenvalue weighted by Crippen LogP contribution is 1.95. The van der Waals surface area contributed by atoms with Crippen molar-refractivity contribution in [2.75, 3.05) is 32.7 Å². The fourth-order valence-electron chi connectivity index (χ4n) is 2.01. The van der Waals surface area contributed by atoms with Crippen LogP contribution in [0.2, 0.25) is 0 Å². The van der Waals surface area contributed by atoms with Crippen LogP contribution in [0.3, 0.4) is 0 Å². The summed E-state index contributed by atoms with van der Waals surface area (Å²) in [5, 5.41) is 9.82. The van der Waals surface area contributed by atoms with Crippen molar-refractivity contribution in [2.24, 2.45) is 0 Å². The van der Waals surface area contributed by atoms with Gasteiger partial charge in [-0.1, -0.05) is 26.7 Å². The van der Waals surface area contributed by atoms with Crippen LogP contribution in [0.25, 0.3) is 0 Å². The number of hydrogen-bond acceptors (Lipinski definition) is 3. The first-order chi connectivity index (χ1) is 9.81. The summed E-state index contributed by atoms with van der Waals surface area (Å²) in [7, 11) is 0. The van der Waals surface area contributed by atoms with Crippen LogP contribution >= 0.6 is 0 Å². The van der Waals surface area contributed by atoms with E-state index in [4.69, 9.17) is 0 Å². The second-order valence-electron chi connectivity index (χ2n) is 5.32. The summed E-state index contributed by atoms with van der Waals surface area (Å²) >= 11 is 0. The van der Waals surface area contributed by atoms with Crippen molar-refractivity contribution < 1.29 is 4.79 Å². The van der Waals surface area contributed by atoms with E-state index in [1.807, 2.05) is 6.92 Å². The zero-order valence-corrected chi connectivity index (χ0v) is 13.6. The molecule has 0 heterocycles. The zero-order chi connectivity index (χ0) is 14.9. The molecule has 0 aliphatic rings. The third kappa shape index (κ3) is 15.4. The number of rotatable bonds is 15. The molecular formula is C16H35N3O. The van der Waals surface area contributed by atoms with Crippen molar-refractivity contribution in [1.82, 2.24) is 16.0 Å². The molecule has 3 N–H and O–H groups in total. The molecule has 0 aromatic rings. The SMILES string of the molecule is CCCNCCCCCNCCCCCNC(=O)CC. The number of carbonyl (C=O) groups excluding carboxylic acids is 1. The number of carbonyl (C=O) groups is 1. The van der Waals surface area contributed by atoms with Crippen LogP contribution in [0.4, 0.5) is 0 Å². The number of unbranched alkanes of at least 4 members (excludes halogenated alkanes) is 4. The molecule has 1 amide bonds. The van der Waals surface area contributed by atoms with Gasteiger partial charge in [-0.2, -0.15) is 0 Å². The molecule has 0 radical (unpaired) electrons. The van der Waals surface area contributed by atoms with Gasteiger partial charge in [0.05, 0.1) is 0 Å². The van der Waals surface area contributed by atoms with Crippen LogP contribution in [-0.2, 0) is 4.79 Å². The molecule has 0 aliphatic carbocycles. The minimum absolute atomic E-state index is 0.163. The Balaban J connectivity index is 2.97. The van der Waals surface area contributed by atoms with Gasteiger partial charge in [0.25, 0.3) is 0 Å². The predicted molar refractivity (Wildman–Crippen MR) is 87.0 cm³/mol. The largest absolute Gasteiger partial charge is 0.356 e. The van der Waals surface area contributed by atoms with E-state index in [9.17, 15) is 4.79 Å². The summed E-state index contributed by atoms with van der Waals surface area (Å²) < 4.78 is 0. The van der Waals surface area contributed by atoms with E-state index in [-0.39, 0.29) is 5.91 Å². The van der Waals surface area contributed by atoms with Crippen LogP contribution in [-0.4, -0.2) is 38.6 Å². The minimum Gasteiger partial charge on any atom is -0.356 e. The second kappa shape index (κ2) is 16.4.